The monoisotopic (exact) mass is 244 g/mol. The van der Waals surface area contributed by atoms with Gasteiger partial charge in [0.25, 0.3) is 0 Å². The number of rotatable bonds is 7. The molecule has 0 spiro atoms. The first-order valence-electron chi connectivity index (χ1n) is 6.76. The summed E-state index contributed by atoms with van der Waals surface area (Å²) < 4.78 is 5.46. The van der Waals surface area contributed by atoms with Crippen LogP contribution in [-0.4, -0.2) is 74.5 Å². The SMILES string of the molecule is CCCN(CCN(C)C)CC1COCCC1O. The molecule has 17 heavy (non-hydrogen) atoms. The summed E-state index contributed by atoms with van der Waals surface area (Å²) in [6.07, 6.45) is 1.78. The summed E-state index contributed by atoms with van der Waals surface area (Å²) in [5.74, 6) is 0.289. The number of nitrogens with zero attached hydrogens (tertiary/aromatic N) is 2. The minimum absolute atomic E-state index is 0.178. The van der Waals surface area contributed by atoms with E-state index in [2.05, 4.69) is 30.8 Å². The zero-order valence-electron chi connectivity index (χ0n) is 11.6. The lowest BCUT2D eigenvalue weighted by Gasteiger charge is -2.33. The van der Waals surface area contributed by atoms with Gasteiger partial charge in [-0.25, -0.2) is 0 Å². The van der Waals surface area contributed by atoms with E-state index in [0.717, 1.165) is 39.0 Å². The Morgan fingerprint density at radius 2 is 2.00 bits per heavy atom. The largest absolute Gasteiger partial charge is 0.393 e. The van der Waals surface area contributed by atoms with Gasteiger partial charge in [-0.05, 0) is 33.5 Å². The molecule has 1 aliphatic rings. The van der Waals surface area contributed by atoms with Gasteiger partial charge in [-0.2, -0.15) is 0 Å². The molecule has 0 aromatic rings. The molecule has 0 aliphatic carbocycles. The van der Waals surface area contributed by atoms with Crippen molar-refractivity contribution < 1.29 is 9.84 Å². The van der Waals surface area contributed by atoms with Crippen molar-refractivity contribution in [3.05, 3.63) is 0 Å². The van der Waals surface area contributed by atoms with Gasteiger partial charge >= 0.3 is 0 Å². The van der Waals surface area contributed by atoms with Crippen molar-refractivity contribution in [2.45, 2.75) is 25.9 Å². The van der Waals surface area contributed by atoms with Crippen molar-refractivity contribution >= 4 is 0 Å². The highest BCUT2D eigenvalue weighted by Gasteiger charge is 2.25. The number of hydrogen-bond acceptors (Lipinski definition) is 4. The molecule has 0 saturated carbocycles. The van der Waals surface area contributed by atoms with Crippen LogP contribution < -0.4 is 0 Å². The van der Waals surface area contributed by atoms with E-state index in [1.165, 1.54) is 0 Å². The van der Waals surface area contributed by atoms with Gasteiger partial charge in [-0.3, -0.25) is 0 Å². The van der Waals surface area contributed by atoms with Crippen LogP contribution in [0.2, 0.25) is 0 Å². The van der Waals surface area contributed by atoms with Crippen LogP contribution in [0.5, 0.6) is 0 Å². The van der Waals surface area contributed by atoms with Gasteiger partial charge in [0, 0.05) is 32.2 Å². The summed E-state index contributed by atoms with van der Waals surface area (Å²) in [6, 6.07) is 0. The maximum atomic E-state index is 9.95. The quantitative estimate of drug-likeness (QED) is 0.713. The Bertz CT molecular complexity index is 200. The van der Waals surface area contributed by atoms with Crippen molar-refractivity contribution in [3.8, 4) is 0 Å². The highest BCUT2D eigenvalue weighted by Crippen LogP contribution is 2.16. The molecular weight excluding hydrogens is 216 g/mol. The Kier molecular flexibility index (Phi) is 7.04. The average Bonchev–Trinajstić information content (AvgIpc) is 2.29. The van der Waals surface area contributed by atoms with Crippen LogP contribution in [0.15, 0.2) is 0 Å². The van der Waals surface area contributed by atoms with Crippen LogP contribution in [0.1, 0.15) is 19.8 Å². The fourth-order valence-electron chi connectivity index (χ4n) is 2.24. The van der Waals surface area contributed by atoms with E-state index in [1.807, 2.05) is 0 Å². The van der Waals surface area contributed by atoms with Crippen LogP contribution in [0.3, 0.4) is 0 Å². The summed E-state index contributed by atoms with van der Waals surface area (Å²) in [6.45, 7) is 7.84. The van der Waals surface area contributed by atoms with E-state index in [-0.39, 0.29) is 12.0 Å². The van der Waals surface area contributed by atoms with E-state index < -0.39 is 0 Å². The third kappa shape index (κ3) is 5.82. The van der Waals surface area contributed by atoms with E-state index in [4.69, 9.17) is 4.74 Å². The number of aliphatic hydroxyl groups is 1. The fraction of sp³-hybridized carbons (Fsp3) is 1.00. The van der Waals surface area contributed by atoms with Gasteiger partial charge in [0.15, 0.2) is 0 Å². The van der Waals surface area contributed by atoms with E-state index in [9.17, 15) is 5.11 Å². The molecule has 0 aromatic heterocycles. The summed E-state index contributed by atoms with van der Waals surface area (Å²) in [7, 11) is 4.20. The molecule has 2 atom stereocenters. The highest BCUT2D eigenvalue weighted by molar-refractivity contribution is 4.76. The third-order valence-electron chi connectivity index (χ3n) is 3.33. The van der Waals surface area contributed by atoms with Crippen molar-refractivity contribution in [1.29, 1.82) is 0 Å². The van der Waals surface area contributed by atoms with Crippen molar-refractivity contribution in [1.82, 2.24) is 9.80 Å². The molecule has 1 aliphatic heterocycles. The predicted octanol–water partition coefficient (Wildman–Crippen LogP) is 0.657. The molecule has 0 bridgehead atoms. The number of aliphatic hydroxyl groups excluding tert-OH is 1. The average molecular weight is 244 g/mol. The van der Waals surface area contributed by atoms with Crippen molar-refractivity contribution in [2.75, 3.05) is 53.5 Å². The molecule has 1 heterocycles. The van der Waals surface area contributed by atoms with E-state index in [1.54, 1.807) is 0 Å². The van der Waals surface area contributed by atoms with Crippen LogP contribution in [-0.2, 0) is 4.74 Å². The fourth-order valence-corrected chi connectivity index (χ4v) is 2.24. The molecule has 0 radical (unpaired) electrons. The molecule has 102 valence electrons. The second kappa shape index (κ2) is 8.03. The maximum absolute atomic E-state index is 9.95. The predicted molar refractivity (Wildman–Crippen MR) is 70.2 cm³/mol. The van der Waals surface area contributed by atoms with Crippen LogP contribution in [0, 0.1) is 5.92 Å². The summed E-state index contributed by atoms with van der Waals surface area (Å²) in [5, 5.41) is 9.95. The van der Waals surface area contributed by atoms with E-state index in [0.29, 0.717) is 13.2 Å². The van der Waals surface area contributed by atoms with Gasteiger partial charge in [0.05, 0.1) is 12.7 Å². The zero-order valence-corrected chi connectivity index (χ0v) is 11.6. The summed E-state index contributed by atoms with van der Waals surface area (Å²) >= 11 is 0. The Balaban J connectivity index is 2.35. The smallest absolute Gasteiger partial charge is 0.0624 e. The standard InChI is InChI=1S/C13H28N2O2/c1-4-6-15(8-7-14(2)3)10-12-11-17-9-5-13(12)16/h12-13,16H,4-11H2,1-3H3. The molecule has 1 saturated heterocycles. The Morgan fingerprint density at radius 1 is 1.24 bits per heavy atom. The zero-order chi connectivity index (χ0) is 12.7. The molecule has 1 rings (SSSR count). The lowest BCUT2D eigenvalue weighted by atomic mass is 9.98. The third-order valence-corrected chi connectivity index (χ3v) is 3.33. The summed E-state index contributed by atoms with van der Waals surface area (Å²) in [5.41, 5.74) is 0. The minimum Gasteiger partial charge on any atom is -0.393 e. The molecule has 4 heteroatoms. The lowest BCUT2D eigenvalue weighted by Crippen LogP contribution is -2.43. The Hall–Kier alpha value is -0.160. The second-order valence-corrected chi connectivity index (χ2v) is 5.29. The number of likely N-dealkylation sites (N-methyl/N-ethyl adjacent to an activating group) is 1. The maximum Gasteiger partial charge on any atom is 0.0624 e. The minimum atomic E-state index is -0.178. The van der Waals surface area contributed by atoms with Crippen LogP contribution in [0.25, 0.3) is 0 Å². The van der Waals surface area contributed by atoms with Crippen molar-refractivity contribution in [2.24, 2.45) is 5.92 Å². The highest BCUT2D eigenvalue weighted by atomic mass is 16.5. The topological polar surface area (TPSA) is 35.9 Å². The van der Waals surface area contributed by atoms with E-state index >= 15 is 0 Å². The molecule has 0 aromatic carbocycles. The lowest BCUT2D eigenvalue weighted by molar-refractivity contribution is -0.0468. The first kappa shape index (κ1) is 14.9. The summed E-state index contributed by atoms with van der Waals surface area (Å²) in [4.78, 5) is 4.65. The van der Waals surface area contributed by atoms with Gasteiger partial charge < -0.3 is 19.6 Å². The first-order valence-corrected chi connectivity index (χ1v) is 6.76. The normalized spacial score (nSPS) is 25.8. The van der Waals surface area contributed by atoms with Gasteiger partial charge in [-0.15, -0.1) is 0 Å². The van der Waals surface area contributed by atoms with Crippen LogP contribution in [0.4, 0.5) is 0 Å². The molecule has 2 unspecified atom stereocenters. The number of ether oxygens (including phenoxy) is 1. The Labute approximate surface area is 106 Å². The van der Waals surface area contributed by atoms with Gasteiger partial charge in [0.1, 0.15) is 0 Å². The van der Waals surface area contributed by atoms with Gasteiger partial charge in [-0.1, -0.05) is 6.92 Å². The number of hydrogen-bond donors (Lipinski definition) is 1. The molecule has 1 fully saturated rings. The van der Waals surface area contributed by atoms with Gasteiger partial charge in [0.2, 0.25) is 0 Å². The molecule has 0 amide bonds. The van der Waals surface area contributed by atoms with Crippen LogP contribution >= 0.6 is 0 Å². The molecule has 4 nitrogen and oxygen atoms in total. The first-order chi connectivity index (χ1) is 8.13. The molecule has 1 N–H and O–H groups in total. The Morgan fingerprint density at radius 3 is 2.59 bits per heavy atom. The molecular formula is C13H28N2O2. The second-order valence-electron chi connectivity index (χ2n) is 5.29. The van der Waals surface area contributed by atoms with Crippen molar-refractivity contribution in [3.63, 3.8) is 0 Å².